The summed E-state index contributed by atoms with van der Waals surface area (Å²) in [7, 11) is 4.35. The van der Waals surface area contributed by atoms with Gasteiger partial charge in [-0.3, -0.25) is 5.41 Å². The van der Waals surface area contributed by atoms with Crippen molar-refractivity contribution < 1.29 is 0 Å². The van der Waals surface area contributed by atoms with E-state index in [0.717, 1.165) is 47.5 Å². The molecule has 1 aromatic heterocycles. The molecule has 0 aliphatic carbocycles. The molecule has 1 aliphatic rings. The first kappa shape index (κ1) is 18.5. The summed E-state index contributed by atoms with van der Waals surface area (Å²) in [6.45, 7) is 2.19. The summed E-state index contributed by atoms with van der Waals surface area (Å²) in [4.78, 5) is 13.0. The van der Waals surface area contributed by atoms with Crippen LogP contribution < -0.4 is 10.6 Å². The number of nitrogens with zero attached hydrogens (tertiary/aromatic N) is 3. The van der Waals surface area contributed by atoms with Gasteiger partial charge in [0.1, 0.15) is 11.7 Å². The van der Waals surface area contributed by atoms with Crippen molar-refractivity contribution in [1.82, 2.24) is 14.9 Å². The van der Waals surface area contributed by atoms with Crippen LogP contribution in [0.2, 0.25) is 0 Å². The zero-order valence-corrected chi connectivity index (χ0v) is 16.6. The van der Waals surface area contributed by atoms with Crippen molar-refractivity contribution in [3.8, 4) is 0 Å². The standard InChI is InChI=1S/C22H28N6/c1-27(2)17-9-11-28(12-10-17)18-7-8-19-20(14-18)26-21(25-19)13-15-3-5-16(6-4-15)22(23)24/h3-8,14,17H,9-13H2,1-2H3,(H3,23,24)(H,25,26). The van der Waals surface area contributed by atoms with Crippen LogP contribution in [0.1, 0.15) is 29.8 Å². The van der Waals surface area contributed by atoms with Gasteiger partial charge in [-0.25, -0.2) is 4.98 Å². The van der Waals surface area contributed by atoms with E-state index >= 15 is 0 Å². The quantitative estimate of drug-likeness (QED) is 0.472. The second-order valence-corrected chi connectivity index (χ2v) is 7.85. The molecule has 3 aromatic rings. The second-order valence-electron chi connectivity index (χ2n) is 7.85. The smallest absolute Gasteiger partial charge is 0.122 e. The lowest BCUT2D eigenvalue weighted by atomic mass is 10.0. The molecule has 4 N–H and O–H groups in total. The van der Waals surface area contributed by atoms with E-state index in [1.165, 1.54) is 18.5 Å². The fourth-order valence-electron chi connectivity index (χ4n) is 3.97. The predicted octanol–water partition coefficient (Wildman–Crippen LogP) is 2.97. The largest absolute Gasteiger partial charge is 0.384 e. The molecule has 0 spiro atoms. The molecule has 0 bridgehead atoms. The van der Waals surface area contributed by atoms with Gasteiger partial charge in [-0.2, -0.15) is 0 Å². The number of amidine groups is 1. The molecule has 0 saturated carbocycles. The molecule has 6 heteroatoms. The Labute approximate surface area is 165 Å². The topological polar surface area (TPSA) is 85.0 Å². The van der Waals surface area contributed by atoms with Gasteiger partial charge < -0.3 is 20.5 Å². The molecule has 2 heterocycles. The van der Waals surface area contributed by atoms with Crippen LogP contribution in [0.3, 0.4) is 0 Å². The Morgan fingerprint density at radius 2 is 1.89 bits per heavy atom. The number of benzene rings is 2. The number of aromatic amines is 1. The first-order valence-corrected chi connectivity index (χ1v) is 9.83. The third-order valence-electron chi connectivity index (χ3n) is 5.71. The Balaban J connectivity index is 1.48. The zero-order chi connectivity index (χ0) is 19.7. The number of piperidine rings is 1. The van der Waals surface area contributed by atoms with E-state index in [-0.39, 0.29) is 5.84 Å². The normalized spacial score (nSPS) is 15.5. The van der Waals surface area contributed by atoms with Gasteiger partial charge in [-0.1, -0.05) is 24.3 Å². The summed E-state index contributed by atoms with van der Waals surface area (Å²) in [5.41, 5.74) is 10.8. The van der Waals surface area contributed by atoms with Crippen LogP contribution in [0.25, 0.3) is 11.0 Å². The van der Waals surface area contributed by atoms with Crippen molar-refractivity contribution >= 4 is 22.6 Å². The number of aromatic nitrogens is 2. The second kappa shape index (κ2) is 7.64. The van der Waals surface area contributed by atoms with Crippen LogP contribution in [-0.2, 0) is 6.42 Å². The van der Waals surface area contributed by atoms with Gasteiger partial charge in [0.25, 0.3) is 0 Å². The van der Waals surface area contributed by atoms with Gasteiger partial charge in [-0.05, 0) is 50.7 Å². The summed E-state index contributed by atoms with van der Waals surface area (Å²) < 4.78 is 0. The minimum atomic E-state index is 0.0948. The monoisotopic (exact) mass is 376 g/mol. The van der Waals surface area contributed by atoms with Crippen LogP contribution in [0.15, 0.2) is 42.5 Å². The Morgan fingerprint density at radius 1 is 1.18 bits per heavy atom. The maximum absolute atomic E-state index is 7.49. The highest BCUT2D eigenvalue weighted by molar-refractivity contribution is 5.94. The maximum Gasteiger partial charge on any atom is 0.122 e. The predicted molar refractivity (Wildman–Crippen MR) is 115 cm³/mol. The highest BCUT2D eigenvalue weighted by Crippen LogP contribution is 2.25. The summed E-state index contributed by atoms with van der Waals surface area (Å²) in [5, 5.41) is 7.49. The maximum atomic E-state index is 7.49. The minimum Gasteiger partial charge on any atom is -0.384 e. The molecule has 28 heavy (non-hydrogen) atoms. The first-order chi connectivity index (χ1) is 13.5. The highest BCUT2D eigenvalue weighted by atomic mass is 15.2. The third-order valence-corrected chi connectivity index (χ3v) is 5.71. The van der Waals surface area contributed by atoms with Crippen LogP contribution in [0.5, 0.6) is 0 Å². The molecule has 0 unspecified atom stereocenters. The lowest BCUT2D eigenvalue weighted by Crippen LogP contribution is -2.41. The Bertz CT molecular complexity index is 964. The number of imidazole rings is 1. The van der Waals surface area contributed by atoms with Crippen molar-refractivity contribution in [3.05, 3.63) is 59.4 Å². The Morgan fingerprint density at radius 3 is 2.54 bits per heavy atom. The molecule has 0 amide bonds. The molecule has 0 radical (unpaired) electrons. The number of H-pyrrole nitrogens is 1. The van der Waals surface area contributed by atoms with Gasteiger partial charge in [-0.15, -0.1) is 0 Å². The van der Waals surface area contributed by atoms with E-state index in [2.05, 4.69) is 47.1 Å². The zero-order valence-electron chi connectivity index (χ0n) is 16.6. The van der Waals surface area contributed by atoms with Crippen LogP contribution in [0.4, 0.5) is 5.69 Å². The van der Waals surface area contributed by atoms with E-state index in [9.17, 15) is 0 Å². The highest BCUT2D eigenvalue weighted by Gasteiger charge is 2.21. The lowest BCUT2D eigenvalue weighted by molar-refractivity contribution is 0.249. The minimum absolute atomic E-state index is 0.0948. The summed E-state index contributed by atoms with van der Waals surface area (Å²) in [5.74, 6) is 1.05. The number of hydrogen-bond acceptors (Lipinski definition) is 4. The van der Waals surface area contributed by atoms with Crippen LogP contribution in [0, 0.1) is 5.41 Å². The van der Waals surface area contributed by atoms with Crippen molar-refractivity contribution in [2.75, 3.05) is 32.1 Å². The molecule has 146 valence electrons. The SMILES string of the molecule is CN(C)C1CCN(c2ccc3nc(Cc4ccc(C(=N)N)cc4)[nH]c3c2)CC1. The molecule has 4 rings (SSSR count). The molecule has 1 fully saturated rings. The van der Waals surface area contributed by atoms with Crippen LogP contribution in [-0.4, -0.2) is 53.9 Å². The first-order valence-electron chi connectivity index (χ1n) is 9.83. The summed E-state index contributed by atoms with van der Waals surface area (Å²) in [6.07, 6.45) is 3.14. The van der Waals surface area contributed by atoms with E-state index in [4.69, 9.17) is 16.1 Å². The number of nitrogen functional groups attached to an aromatic ring is 1. The van der Waals surface area contributed by atoms with Gasteiger partial charge in [0.15, 0.2) is 0 Å². The number of hydrogen-bond donors (Lipinski definition) is 3. The number of nitrogens with two attached hydrogens (primary N) is 1. The Hall–Kier alpha value is -2.86. The summed E-state index contributed by atoms with van der Waals surface area (Å²) >= 11 is 0. The molecule has 6 nitrogen and oxygen atoms in total. The average Bonchev–Trinajstić information content (AvgIpc) is 3.09. The molecule has 1 saturated heterocycles. The summed E-state index contributed by atoms with van der Waals surface area (Å²) in [6, 6.07) is 15.0. The molecular weight excluding hydrogens is 348 g/mol. The van der Waals surface area contributed by atoms with Crippen molar-refractivity contribution in [2.24, 2.45) is 5.73 Å². The van der Waals surface area contributed by atoms with Crippen LogP contribution >= 0.6 is 0 Å². The van der Waals surface area contributed by atoms with E-state index in [1.807, 2.05) is 24.3 Å². The molecule has 0 atom stereocenters. The van der Waals surface area contributed by atoms with Gasteiger partial charge in [0, 0.05) is 36.8 Å². The molecular formula is C22H28N6. The average molecular weight is 377 g/mol. The van der Waals surface area contributed by atoms with Crippen molar-refractivity contribution in [1.29, 1.82) is 5.41 Å². The third kappa shape index (κ3) is 3.87. The van der Waals surface area contributed by atoms with E-state index in [1.54, 1.807) is 0 Å². The number of fused-ring (bicyclic) bond motifs is 1. The number of nitrogens with one attached hydrogen (secondary N) is 2. The fourth-order valence-corrected chi connectivity index (χ4v) is 3.97. The van der Waals surface area contributed by atoms with Crippen molar-refractivity contribution in [3.63, 3.8) is 0 Å². The lowest BCUT2D eigenvalue weighted by Gasteiger charge is -2.36. The van der Waals surface area contributed by atoms with Crippen molar-refractivity contribution in [2.45, 2.75) is 25.3 Å². The van der Waals surface area contributed by atoms with Gasteiger partial charge in [0.05, 0.1) is 11.0 Å². The molecule has 1 aliphatic heterocycles. The molecule has 2 aromatic carbocycles. The number of anilines is 1. The van der Waals surface area contributed by atoms with Gasteiger partial charge in [0.2, 0.25) is 0 Å². The fraction of sp³-hybridized carbons (Fsp3) is 0.364. The Kier molecular flexibility index (Phi) is 5.05. The van der Waals surface area contributed by atoms with E-state index < -0.39 is 0 Å². The van der Waals surface area contributed by atoms with E-state index in [0.29, 0.717) is 6.04 Å². The number of rotatable bonds is 5. The van der Waals surface area contributed by atoms with Gasteiger partial charge >= 0.3 is 0 Å².